The summed E-state index contributed by atoms with van der Waals surface area (Å²) in [5.74, 6) is -1.95. The first-order valence-electron chi connectivity index (χ1n) is 4.51. The van der Waals surface area contributed by atoms with Gasteiger partial charge in [-0.3, -0.25) is 4.79 Å². The van der Waals surface area contributed by atoms with E-state index in [2.05, 4.69) is 0 Å². The molecule has 6 heteroatoms. The van der Waals surface area contributed by atoms with E-state index in [-0.39, 0.29) is 6.54 Å². The number of carbonyl (C=O) groups excluding carboxylic acids is 1. The van der Waals surface area contributed by atoms with Gasteiger partial charge in [0.15, 0.2) is 0 Å². The van der Waals surface area contributed by atoms with E-state index in [4.69, 9.17) is 5.73 Å². The van der Waals surface area contributed by atoms with Crippen LogP contribution < -0.4 is 11.1 Å². The molecule has 0 heterocycles. The van der Waals surface area contributed by atoms with Gasteiger partial charge in [0.1, 0.15) is 0 Å². The number of nitrogens with one attached hydrogen (secondary N) is 1. The van der Waals surface area contributed by atoms with Crippen molar-refractivity contribution in [2.24, 2.45) is 0 Å². The van der Waals surface area contributed by atoms with Crippen molar-refractivity contribution in [2.75, 3.05) is 5.73 Å². The summed E-state index contributed by atoms with van der Waals surface area (Å²) >= 11 is 0. The number of alkyl halides is 3. The van der Waals surface area contributed by atoms with Crippen LogP contribution in [0.25, 0.3) is 0 Å². The van der Waals surface area contributed by atoms with E-state index in [1.165, 1.54) is 0 Å². The Morgan fingerprint density at radius 1 is 1.44 bits per heavy atom. The second-order valence-electron chi connectivity index (χ2n) is 3.31. The predicted molar refractivity (Wildman–Crippen MR) is 53.5 cm³/mol. The second-order valence-corrected chi connectivity index (χ2v) is 3.31. The van der Waals surface area contributed by atoms with Crippen LogP contribution in [0.2, 0.25) is 0 Å². The summed E-state index contributed by atoms with van der Waals surface area (Å²) in [6.45, 7) is 1.50. The molecule has 1 aromatic rings. The van der Waals surface area contributed by atoms with Gasteiger partial charge in [0.05, 0.1) is 0 Å². The summed E-state index contributed by atoms with van der Waals surface area (Å²) in [4.78, 5) is 10.6. The lowest BCUT2D eigenvalue weighted by molar-refractivity contribution is -0.173. The maximum Gasteiger partial charge on any atom is 0.471 e. The minimum atomic E-state index is -4.85. The molecule has 16 heavy (non-hydrogen) atoms. The van der Waals surface area contributed by atoms with Crippen LogP contribution in [0.4, 0.5) is 18.9 Å². The first-order chi connectivity index (χ1) is 7.32. The third-order valence-electron chi connectivity index (χ3n) is 2.18. The lowest BCUT2D eigenvalue weighted by atomic mass is 10.1. The average Bonchev–Trinajstić information content (AvgIpc) is 2.18. The van der Waals surface area contributed by atoms with Gasteiger partial charge in [-0.25, -0.2) is 0 Å². The fourth-order valence-corrected chi connectivity index (χ4v) is 1.17. The van der Waals surface area contributed by atoms with Crippen molar-refractivity contribution in [3.8, 4) is 0 Å². The van der Waals surface area contributed by atoms with Crippen LogP contribution in [0, 0.1) is 6.92 Å². The van der Waals surface area contributed by atoms with Crippen molar-refractivity contribution in [3.05, 3.63) is 29.3 Å². The third kappa shape index (κ3) is 2.88. The van der Waals surface area contributed by atoms with E-state index in [0.29, 0.717) is 16.8 Å². The molecule has 0 saturated heterocycles. The Hall–Kier alpha value is -1.72. The highest BCUT2D eigenvalue weighted by atomic mass is 19.4. The number of anilines is 1. The summed E-state index contributed by atoms with van der Waals surface area (Å²) in [6.07, 6.45) is -4.85. The molecule has 1 aromatic carbocycles. The normalized spacial score (nSPS) is 11.2. The molecule has 0 saturated carbocycles. The highest BCUT2D eigenvalue weighted by Crippen LogP contribution is 2.17. The molecule has 0 aliphatic heterocycles. The fourth-order valence-electron chi connectivity index (χ4n) is 1.17. The molecule has 0 spiro atoms. The molecule has 0 bridgehead atoms. The predicted octanol–water partition coefficient (Wildman–Crippen LogP) is 1.76. The summed E-state index contributed by atoms with van der Waals surface area (Å²) < 4.78 is 35.7. The number of halogens is 3. The number of nitrogens with two attached hydrogens (primary N) is 1. The second kappa shape index (κ2) is 4.42. The molecule has 0 radical (unpaired) electrons. The molecular weight excluding hydrogens is 221 g/mol. The Balaban J connectivity index is 2.69. The van der Waals surface area contributed by atoms with Crippen LogP contribution in [-0.2, 0) is 11.3 Å². The van der Waals surface area contributed by atoms with E-state index in [1.807, 2.05) is 0 Å². The van der Waals surface area contributed by atoms with Crippen molar-refractivity contribution in [1.29, 1.82) is 0 Å². The van der Waals surface area contributed by atoms with Crippen LogP contribution in [0.3, 0.4) is 0 Å². The Labute approximate surface area is 90.4 Å². The minimum Gasteiger partial charge on any atom is -0.399 e. The molecule has 3 N–H and O–H groups in total. The zero-order valence-corrected chi connectivity index (χ0v) is 8.56. The Kier molecular flexibility index (Phi) is 3.41. The van der Waals surface area contributed by atoms with Crippen molar-refractivity contribution < 1.29 is 18.0 Å². The molecule has 0 fully saturated rings. The SMILES string of the molecule is Cc1c(N)cccc1CNC(=O)C(F)(F)F. The highest BCUT2D eigenvalue weighted by molar-refractivity contribution is 5.81. The van der Waals surface area contributed by atoms with Crippen LogP contribution in [0.15, 0.2) is 18.2 Å². The summed E-state index contributed by atoms with van der Waals surface area (Å²) in [5, 5.41) is 1.79. The van der Waals surface area contributed by atoms with E-state index < -0.39 is 12.1 Å². The van der Waals surface area contributed by atoms with E-state index in [1.54, 1.807) is 30.4 Å². The maximum atomic E-state index is 11.9. The summed E-state index contributed by atoms with van der Waals surface area (Å²) in [7, 11) is 0. The van der Waals surface area contributed by atoms with Gasteiger partial charge in [-0.05, 0) is 24.1 Å². The topological polar surface area (TPSA) is 55.1 Å². The molecular formula is C10H11F3N2O. The molecule has 0 atom stereocenters. The van der Waals surface area contributed by atoms with E-state index in [9.17, 15) is 18.0 Å². The van der Waals surface area contributed by atoms with Crippen molar-refractivity contribution in [1.82, 2.24) is 5.32 Å². The first-order valence-corrected chi connectivity index (χ1v) is 4.51. The molecule has 0 unspecified atom stereocenters. The molecule has 0 aliphatic carbocycles. The van der Waals surface area contributed by atoms with Gasteiger partial charge in [0, 0.05) is 12.2 Å². The number of nitrogen functional groups attached to an aromatic ring is 1. The minimum absolute atomic E-state index is 0.185. The molecule has 1 rings (SSSR count). The highest BCUT2D eigenvalue weighted by Gasteiger charge is 2.38. The number of hydrogen-bond donors (Lipinski definition) is 2. The van der Waals surface area contributed by atoms with Gasteiger partial charge in [0.25, 0.3) is 0 Å². The quantitative estimate of drug-likeness (QED) is 0.763. The Morgan fingerprint density at radius 3 is 2.62 bits per heavy atom. The molecule has 0 aliphatic rings. The van der Waals surface area contributed by atoms with Crippen molar-refractivity contribution in [3.63, 3.8) is 0 Å². The Morgan fingerprint density at radius 2 is 2.06 bits per heavy atom. The number of rotatable bonds is 2. The van der Waals surface area contributed by atoms with Gasteiger partial charge in [-0.15, -0.1) is 0 Å². The maximum absolute atomic E-state index is 11.9. The van der Waals surface area contributed by atoms with Crippen molar-refractivity contribution in [2.45, 2.75) is 19.6 Å². The van der Waals surface area contributed by atoms with Crippen LogP contribution in [0.1, 0.15) is 11.1 Å². The van der Waals surface area contributed by atoms with Crippen LogP contribution >= 0.6 is 0 Å². The lowest BCUT2D eigenvalue weighted by Gasteiger charge is -2.10. The summed E-state index contributed by atoms with van der Waals surface area (Å²) in [6, 6.07) is 4.88. The van der Waals surface area contributed by atoms with Gasteiger partial charge in [-0.2, -0.15) is 13.2 Å². The number of carbonyl (C=O) groups is 1. The zero-order chi connectivity index (χ0) is 12.3. The lowest BCUT2D eigenvalue weighted by Crippen LogP contribution is -2.36. The van der Waals surface area contributed by atoms with Gasteiger partial charge < -0.3 is 11.1 Å². The molecule has 3 nitrogen and oxygen atoms in total. The standard InChI is InChI=1S/C10H11F3N2O/c1-6-7(3-2-4-8(6)14)5-15-9(16)10(11,12)13/h2-4H,5,14H2,1H3,(H,15,16). The fraction of sp³-hybridized carbons (Fsp3) is 0.300. The van der Waals surface area contributed by atoms with Crippen LogP contribution in [0.5, 0.6) is 0 Å². The Bertz CT molecular complexity index is 402. The first kappa shape index (κ1) is 12.4. The third-order valence-corrected chi connectivity index (χ3v) is 2.18. The molecule has 88 valence electrons. The number of benzene rings is 1. The average molecular weight is 232 g/mol. The van der Waals surface area contributed by atoms with Crippen LogP contribution in [-0.4, -0.2) is 12.1 Å². The van der Waals surface area contributed by atoms with E-state index in [0.717, 1.165) is 0 Å². The van der Waals surface area contributed by atoms with Crippen molar-refractivity contribution >= 4 is 11.6 Å². The number of hydrogen-bond acceptors (Lipinski definition) is 2. The monoisotopic (exact) mass is 232 g/mol. The number of amides is 1. The molecule has 0 aromatic heterocycles. The summed E-state index contributed by atoms with van der Waals surface area (Å²) in [5.41, 5.74) is 7.30. The zero-order valence-electron chi connectivity index (χ0n) is 8.56. The van der Waals surface area contributed by atoms with Gasteiger partial charge in [0.2, 0.25) is 0 Å². The van der Waals surface area contributed by atoms with Gasteiger partial charge >= 0.3 is 12.1 Å². The smallest absolute Gasteiger partial charge is 0.399 e. The van der Waals surface area contributed by atoms with E-state index >= 15 is 0 Å². The largest absolute Gasteiger partial charge is 0.471 e. The van der Waals surface area contributed by atoms with Gasteiger partial charge in [-0.1, -0.05) is 12.1 Å². The molecule has 1 amide bonds.